The summed E-state index contributed by atoms with van der Waals surface area (Å²) in [5, 5.41) is 3.04. The molecule has 0 bridgehead atoms. The third-order valence-electron chi connectivity index (χ3n) is 3.43. The second-order valence-electron chi connectivity index (χ2n) is 5.64. The minimum absolute atomic E-state index is 0.343. The molecule has 0 spiro atoms. The van der Waals surface area contributed by atoms with Crippen molar-refractivity contribution in [2.24, 2.45) is 0 Å². The standard InChI is InChI=1S/C19H20ClNO5/c1-12-5-7-16(24-3)15(8-12)21-18(22)10-26-19(23)11-25-17-9-13(2)4-6-14(17)20/h4-9H,10-11H2,1-3H3,(H,21,22). The van der Waals surface area contributed by atoms with Crippen molar-refractivity contribution in [3.8, 4) is 11.5 Å². The van der Waals surface area contributed by atoms with E-state index in [9.17, 15) is 9.59 Å². The number of nitrogens with one attached hydrogen (secondary N) is 1. The topological polar surface area (TPSA) is 73.9 Å². The van der Waals surface area contributed by atoms with Crippen LogP contribution in [0.4, 0.5) is 5.69 Å². The van der Waals surface area contributed by atoms with Crippen LogP contribution in [0.25, 0.3) is 0 Å². The second-order valence-corrected chi connectivity index (χ2v) is 6.04. The molecule has 0 radical (unpaired) electrons. The van der Waals surface area contributed by atoms with Gasteiger partial charge in [-0.05, 0) is 49.2 Å². The van der Waals surface area contributed by atoms with Crippen molar-refractivity contribution in [3.63, 3.8) is 0 Å². The molecule has 0 fully saturated rings. The fraction of sp³-hybridized carbons (Fsp3) is 0.263. The monoisotopic (exact) mass is 377 g/mol. The molecule has 0 saturated heterocycles. The fourth-order valence-electron chi connectivity index (χ4n) is 2.15. The quantitative estimate of drug-likeness (QED) is 0.747. The molecule has 0 aliphatic rings. The van der Waals surface area contributed by atoms with E-state index in [-0.39, 0.29) is 6.61 Å². The molecule has 0 aliphatic carbocycles. The number of carbonyl (C=O) groups excluding carboxylic acids is 2. The molecule has 1 N–H and O–H groups in total. The minimum Gasteiger partial charge on any atom is -0.495 e. The number of amides is 1. The summed E-state index contributed by atoms with van der Waals surface area (Å²) in [6, 6.07) is 10.6. The first kappa shape index (κ1) is 19.6. The van der Waals surface area contributed by atoms with Crippen molar-refractivity contribution >= 4 is 29.2 Å². The summed E-state index contributed by atoms with van der Waals surface area (Å²) in [7, 11) is 1.51. The van der Waals surface area contributed by atoms with E-state index in [1.54, 1.807) is 24.3 Å². The first-order valence-corrected chi connectivity index (χ1v) is 8.26. The molecule has 138 valence electrons. The lowest BCUT2D eigenvalue weighted by molar-refractivity contribution is -0.149. The predicted molar refractivity (Wildman–Crippen MR) is 99.0 cm³/mol. The van der Waals surface area contributed by atoms with Gasteiger partial charge in [0, 0.05) is 0 Å². The number of anilines is 1. The number of rotatable bonds is 7. The number of hydrogen-bond acceptors (Lipinski definition) is 5. The van der Waals surface area contributed by atoms with Gasteiger partial charge in [0.1, 0.15) is 11.5 Å². The Kier molecular flexibility index (Phi) is 6.86. The summed E-state index contributed by atoms with van der Waals surface area (Å²) >= 11 is 5.99. The number of benzene rings is 2. The van der Waals surface area contributed by atoms with Gasteiger partial charge in [-0.3, -0.25) is 4.79 Å². The van der Waals surface area contributed by atoms with Crippen LogP contribution in [0, 0.1) is 13.8 Å². The Labute approximate surface area is 157 Å². The molecule has 0 aliphatic heterocycles. The van der Waals surface area contributed by atoms with Crippen molar-refractivity contribution in [1.82, 2.24) is 0 Å². The molecular formula is C19H20ClNO5. The van der Waals surface area contributed by atoms with Gasteiger partial charge in [0.15, 0.2) is 13.2 Å². The number of aryl methyl sites for hydroxylation is 2. The molecule has 6 nitrogen and oxygen atoms in total. The SMILES string of the molecule is COc1ccc(C)cc1NC(=O)COC(=O)COc1cc(C)ccc1Cl. The lowest BCUT2D eigenvalue weighted by Crippen LogP contribution is -2.24. The van der Waals surface area contributed by atoms with Crippen LogP contribution in [0.5, 0.6) is 11.5 Å². The van der Waals surface area contributed by atoms with E-state index in [4.69, 9.17) is 25.8 Å². The van der Waals surface area contributed by atoms with E-state index in [1.165, 1.54) is 7.11 Å². The van der Waals surface area contributed by atoms with Crippen molar-refractivity contribution in [1.29, 1.82) is 0 Å². The van der Waals surface area contributed by atoms with E-state index in [1.807, 2.05) is 26.0 Å². The molecule has 0 atom stereocenters. The summed E-state index contributed by atoms with van der Waals surface area (Å²) in [6.07, 6.45) is 0. The van der Waals surface area contributed by atoms with Crippen LogP contribution in [0.2, 0.25) is 5.02 Å². The summed E-state index contributed by atoms with van der Waals surface area (Å²) in [5.74, 6) is -0.241. The molecule has 26 heavy (non-hydrogen) atoms. The van der Waals surface area contributed by atoms with Crippen LogP contribution in [0.15, 0.2) is 36.4 Å². The first-order valence-electron chi connectivity index (χ1n) is 7.88. The molecule has 2 aromatic rings. The summed E-state index contributed by atoms with van der Waals surface area (Å²) in [5.41, 5.74) is 2.42. The summed E-state index contributed by atoms with van der Waals surface area (Å²) in [4.78, 5) is 23.7. The second kappa shape index (κ2) is 9.10. The van der Waals surface area contributed by atoms with Crippen LogP contribution >= 0.6 is 11.6 Å². The maximum Gasteiger partial charge on any atom is 0.344 e. The van der Waals surface area contributed by atoms with Crippen LogP contribution in [-0.4, -0.2) is 32.2 Å². The van der Waals surface area contributed by atoms with Crippen molar-refractivity contribution < 1.29 is 23.8 Å². The van der Waals surface area contributed by atoms with Gasteiger partial charge in [-0.1, -0.05) is 23.7 Å². The third-order valence-corrected chi connectivity index (χ3v) is 3.74. The smallest absolute Gasteiger partial charge is 0.344 e. The Morgan fingerprint density at radius 3 is 2.42 bits per heavy atom. The number of esters is 1. The van der Waals surface area contributed by atoms with Crippen LogP contribution in [-0.2, 0) is 14.3 Å². The van der Waals surface area contributed by atoms with E-state index in [0.717, 1.165) is 11.1 Å². The maximum atomic E-state index is 12.0. The Balaban J connectivity index is 1.82. The Hall–Kier alpha value is -2.73. The van der Waals surface area contributed by atoms with Gasteiger partial charge in [0.2, 0.25) is 0 Å². The van der Waals surface area contributed by atoms with Crippen LogP contribution < -0.4 is 14.8 Å². The normalized spacial score (nSPS) is 10.2. The van der Waals surface area contributed by atoms with Gasteiger partial charge < -0.3 is 19.5 Å². The summed E-state index contributed by atoms with van der Waals surface area (Å²) in [6.45, 7) is 3.00. The minimum atomic E-state index is -0.672. The fourth-order valence-corrected chi connectivity index (χ4v) is 2.32. The highest BCUT2D eigenvalue weighted by Crippen LogP contribution is 2.26. The van der Waals surface area contributed by atoms with Gasteiger partial charge >= 0.3 is 5.97 Å². The van der Waals surface area contributed by atoms with Crippen molar-refractivity contribution in [2.75, 3.05) is 25.6 Å². The highest BCUT2D eigenvalue weighted by molar-refractivity contribution is 6.32. The van der Waals surface area contributed by atoms with Crippen molar-refractivity contribution in [3.05, 3.63) is 52.5 Å². The molecule has 2 aromatic carbocycles. The molecule has 7 heteroatoms. The molecule has 0 saturated carbocycles. The zero-order chi connectivity index (χ0) is 19.1. The highest BCUT2D eigenvalue weighted by Gasteiger charge is 2.12. The van der Waals surface area contributed by atoms with Gasteiger partial charge in [0.25, 0.3) is 5.91 Å². The maximum absolute atomic E-state index is 12.0. The molecule has 0 unspecified atom stereocenters. The lowest BCUT2D eigenvalue weighted by Gasteiger charge is -2.12. The average Bonchev–Trinajstić information content (AvgIpc) is 2.61. The largest absolute Gasteiger partial charge is 0.495 e. The van der Waals surface area contributed by atoms with Gasteiger partial charge in [-0.25, -0.2) is 4.79 Å². The highest BCUT2D eigenvalue weighted by atomic mass is 35.5. The zero-order valence-corrected chi connectivity index (χ0v) is 15.6. The number of ether oxygens (including phenoxy) is 3. The molecule has 0 aromatic heterocycles. The number of carbonyl (C=O) groups is 2. The first-order chi connectivity index (χ1) is 12.4. The molecule has 2 rings (SSSR count). The van der Waals surface area contributed by atoms with E-state index in [0.29, 0.717) is 22.2 Å². The predicted octanol–water partition coefficient (Wildman–Crippen LogP) is 3.53. The Morgan fingerprint density at radius 1 is 1.00 bits per heavy atom. The van der Waals surface area contributed by atoms with Gasteiger partial charge in [0.05, 0.1) is 17.8 Å². The summed E-state index contributed by atoms with van der Waals surface area (Å²) < 4.78 is 15.4. The molecular weight excluding hydrogens is 358 g/mol. The van der Waals surface area contributed by atoms with Gasteiger partial charge in [-0.15, -0.1) is 0 Å². The Morgan fingerprint density at radius 2 is 1.69 bits per heavy atom. The van der Waals surface area contributed by atoms with Gasteiger partial charge in [-0.2, -0.15) is 0 Å². The molecule has 1 amide bonds. The van der Waals surface area contributed by atoms with E-state index in [2.05, 4.69) is 5.32 Å². The van der Waals surface area contributed by atoms with Crippen LogP contribution in [0.3, 0.4) is 0 Å². The van der Waals surface area contributed by atoms with E-state index >= 15 is 0 Å². The molecule has 0 heterocycles. The van der Waals surface area contributed by atoms with E-state index < -0.39 is 18.5 Å². The number of methoxy groups -OCH3 is 1. The number of hydrogen-bond donors (Lipinski definition) is 1. The van der Waals surface area contributed by atoms with Crippen molar-refractivity contribution in [2.45, 2.75) is 13.8 Å². The number of halogens is 1. The zero-order valence-electron chi connectivity index (χ0n) is 14.8. The van der Waals surface area contributed by atoms with Crippen LogP contribution in [0.1, 0.15) is 11.1 Å². The average molecular weight is 378 g/mol. The lowest BCUT2D eigenvalue weighted by atomic mass is 10.2. The third kappa shape index (κ3) is 5.67. The Bertz CT molecular complexity index is 807.